The Morgan fingerprint density at radius 3 is 2.84 bits per heavy atom. The van der Waals surface area contributed by atoms with Crippen molar-refractivity contribution >= 4 is 11.4 Å². The summed E-state index contributed by atoms with van der Waals surface area (Å²) >= 11 is 0. The van der Waals surface area contributed by atoms with E-state index >= 15 is 0 Å². The second-order valence-corrected chi connectivity index (χ2v) is 5.80. The van der Waals surface area contributed by atoms with Gasteiger partial charge < -0.3 is 10.2 Å². The van der Waals surface area contributed by atoms with E-state index in [9.17, 15) is 0 Å². The zero-order valence-corrected chi connectivity index (χ0v) is 12.5. The van der Waals surface area contributed by atoms with Crippen molar-refractivity contribution in [3.05, 3.63) is 18.5 Å². The highest BCUT2D eigenvalue weighted by molar-refractivity contribution is 5.55. The first-order chi connectivity index (χ1) is 9.22. The van der Waals surface area contributed by atoms with Crippen molar-refractivity contribution in [3.8, 4) is 0 Å². The molecule has 3 nitrogen and oxygen atoms in total. The van der Waals surface area contributed by atoms with Crippen molar-refractivity contribution in [1.82, 2.24) is 4.98 Å². The molecule has 2 atom stereocenters. The Bertz CT molecular complexity index is 391. The monoisotopic (exact) mass is 261 g/mol. The van der Waals surface area contributed by atoms with Gasteiger partial charge in [0.05, 0.1) is 23.8 Å². The molecule has 1 heterocycles. The van der Waals surface area contributed by atoms with Crippen LogP contribution in [0.25, 0.3) is 0 Å². The first kappa shape index (κ1) is 14.2. The van der Waals surface area contributed by atoms with Crippen LogP contribution in [0.3, 0.4) is 0 Å². The Morgan fingerprint density at radius 1 is 1.32 bits per heavy atom. The molecular weight excluding hydrogens is 234 g/mol. The van der Waals surface area contributed by atoms with E-state index in [1.807, 2.05) is 12.4 Å². The molecule has 0 aromatic carbocycles. The Labute approximate surface area is 117 Å². The van der Waals surface area contributed by atoms with Crippen molar-refractivity contribution in [2.45, 2.75) is 52.0 Å². The fourth-order valence-corrected chi connectivity index (χ4v) is 3.05. The number of hydrogen-bond donors (Lipinski definition) is 1. The van der Waals surface area contributed by atoms with Gasteiger partial charge in [-0.25, -0.2) is 0 Å². The summed E-state index contributed by atoms with van der Waals surface area (Å²) in [7, 11) is 2.22. The molecule has 1 aromatic heterocycles. The second-order valence-electron chi connectivity index (χ2n) is 5.80. The third kappa shape index (κ3) is 3.62. The zero-order chi connectivity index (χ0) is 13.7. The fraction of sp³-hybridized carbons (Fsp3) is 0.688. The Morgan fingerprint density at radius 2 is 2.11 bits per heavy atom. The minimum atomic E-state index is 0.664. The molecule has 1 saturated carbocycles. The van der Waals surface area contributed by atoms with Gasteiger partial charge in [-0.3, -0.25) is 4.98 Å². The molecule has 0 saturated heterocycles. The van der Waals surface area contributed by atoms with Crippen LogP contribution in [0.2, 0.25) is 0 Å². The molecule has 106 valence electrons. The van der Waals surface area contributed by atoms with Crippen LogP contribution in [0.15, 0.2) is 18.5 Å². The molecule has 0 radical (unpaired) electrons. The molecule has 1 aromatic rings. The van der Waals surface area contributed by atoms with Gasteiger partial charge in [0.15, 0.2) is 0 Å². The summed E-state index contributed by atoms with van der Waals surface area (Å²) in [6.45, 7) is 5.57. The molecule has 2 unspecified atom stereocenters. The lowest BCUT2D eigenvalue weighted by molar-refractivity contribution is 0.321. The number of rotatable bonds is 5. The fourth-order valence-electron chi connectivity index (χ4n) is 3.05. The van der Waals surface area contributed by atoms with Gasteiger partial charge in [-0.1, -0.05) is 26.7 Å². The molecule has 1 N–H and O–H groups in total. The smallest absolute Gasteiger partial charge is 0.0573 e. The highest BCUT2D eigenvalue weighted by Gasteiger charge is 2.25. The molecule has 0 spiro atoms. The molecular formula is C16H27N3. The van der Waals surface area contributed by atoms with Gasteiger partial charge in [0.25, 0.3) is 0 Å². The number of nitrogens with one attached hydrogen (secondary N) is 1. The van der Waals surface area contributed by atoms with E-state index in [4.69, 9.17) is 0 Å². The molecule has 19 heavy (non-hydrogen) atoms. The molecule has 1 aliphatic rings. The van der Waals surface area contributed by atoms with Gasteiger partial charge in [-0.15, -0.1) is 0 Å². The number of anilines is 2. The third-order valence-corrected chi connectivity index (χ3v) is 4.27. The first-order valence-corrected chi connectivity index (χ1v) is 7.64. The summed E-state index contributed by atoms with van der Waals surface area (Å²) < 4.78 is 0. The molecule has 1 aliphatic carbocycles. The van der Waals surface area contributed by atoms with Crippen LogP contribution in [-0.2, 0) is 0 Å². The van der Waals surface area contributed by atoms with Crippen LogP contribution in [0.1, 0.15) is 46.0 Å². The van der Waals surface area contributed by atoms with E-state index in [0.29, 0.717) is 6.04 Å². The van der Waals surface area contributed by atoms with Gasteiger partial charge in [0.2, 0.25) is 0 Å². The van der Waals surface area contributed by atoms with Gasteiger partial charge in [-0.2, -0.15) is 0 Å². The van der Waals surface area contributed by atoms with Crippen molar-refractivity contribution in [1.29, 1.82) is 0 Å². The SMILES string of the molecule is CCCNc1cncc(N(C)C2CCCCC2C)c1. The highest BCUT2D eigenvalue weighted by atomic mass is 15.1. The summed E-state index contributed by atoms with van der Waals surface area (Å²) in [4.78, 5) is 6.80. The Kier molecular flexibility index (Phi) is 5.06. The van der Waals surface area contributed by atoms with E-state index in [2.05, 4.69) is 42.2 Å². The minimum Gasteiger partial charge on any atom is -0.384 e. The van der Waals surface area contributed by atoms with E-state index in [1.165, 1.54) is 31.4 Å². The van der Waals surface area contributed by atoms with E-state index in [0.717, 1.165) is 24.6 Å². The second kappa shape index (κ2) is 6.78. The van der Waals surface area contributed by atoms with Crippen LogP contribution >= 0.6 is 0 Å². The molecule has 1 fully saturated rings. The third-order valence-electron chi connectivity index (χ3n) is 4.27. The summed E-state index contributed by atoms with van der Waals surface area (Å²) in [6, 6.07) is 2.89. The summed E-state index contributed by atoms with van der Waals surface area (Å²) in [5.41, 5.74) is 2.37. The molecule has 2 rings (SSSR count). The minimum absolute atomic E-state index is 0.664. The van der Waals surface area contributed by atoms with Crippen molar-refractivity contribution in [2.24, 2.45) is 5.92 Å². The normalized spacial score (nSPS) is 23.1. The molecule has 0 aliphatic heterocycles. The largest absolute Gasteiger partial charge is 0.384 e. The van der Waals surface area contributed by atoms with Crippen molar-refractivity contribution in [3.63, 3.8) is 0 Å². The van der Waals surface area contributed by atoms with Crippen LogP contribution in [0.4, 0.5) is 11.4 Å². The van der Waals surface area contributed by atoms with Gasteiger partial charge in [-0.05, 0) is 31.2 Å². The lowest BCUT2D eigenvalue weighted by Crippen LogP contribution is -2.39. The number of hydrogen-bond acceptors (Lipinski definition) is 3. The van der Waals surface area contributed by atoms with Gasteiger partial charge >= 0.3 is 0 Å². The predicted molar refractivity (Wildman–Crippen MR) is 82.8 cm³/mol. The van der Waals surface area contributed by atoms with Gasteiger partial charge in [0.1, 0.15) is 0 Å². The maximum atomic E-state index is 4.37. The molecule has 3 heteroatoms. The Balaban J connectivity index is 2.07. The van der Waals surface area contributed by atoms with Gasteiger partial charge in [0, 0.05) is 19.6 Å². The van der Waals surface area contributed by atoms with Crippen molar-refractivity contribution in [2.75, 3.05) is 23.8 Å². The summed E-state index contributed by atoms with van der Waals surface area (Å²) in [6.07, 6.45) is 10.5. The maximum absolute atomic E-state index is 4.37. The summed E-state index contributed by atoms with van der Waals surface area (Å²) in [5, 5.41) is 3.41. The summed E-state index contributed by atoms with van der Waals surface area (Å²) in [5.74, 6) is 0.783. The highest BCUT2D eigenvalue weighted by Crippen LogP contribution is 2.30. The lowest BCUT2D eigenvalue weighted by Gasteiger charge is -2.37. The van der Waals surface area contributed by atoms with E-state index in [-0.39, 0.29) is 0 Å². The zero-order valence-electron chi connectivity index (χ0n) is 12.5. The quantitative estimate of drug-likeness (QED) is 0.870. The standard InChI is InChI=1S/C16H27N3/c1-4-9-18-14-10-15(12-17-11-14)19(3)16-8-6-5-7-13(16)2/h10-13,16,18H,4-9H2,1-3H3. The van der Waals surface area contributed by atoms with E-state index < -0.39 is 0 Å². The average Bonchev–Trinajstić information content (AvgIpc) is 2.45. The van der Waals surface area contributed by atoms with E-state index in [1.54, 1.807) is 0 Å². The first-order valence-electron chi connectivity index (χ1n) is 7.64. The van der Waals surface area contributed by atoms with Crippen LogP contribution < -0.4 is 10.2 Å². The van der Waals surface area contributed by atoms with Crippen molar-refractivity contribution < 1.29 is 0 Å². The van der Waals surface area contributed by atoms with Crippen LogP contribution in [0, 0.1) is 5.92 Å². The number of pyridine rings is 1. The number of nitrogens with zero attached hydrogens (tertiary/aromatic N) is 2. The lowest BCUT2D eigenvalue weighted by atomic mass is 9.85. The average molecular weight is 261 g/mol. The Hall–Kier alpha value is -1.25. The number of aromatic nitrogens is 1. The maximum Gasteiger partial charge on any atom is 0.0573 e. The van der Waals surface area contributed by atoms with Crippen LogP contribution in [0.5, 0.6) is 0 Å². The molecule has 0 amide bonds. The van der Waals surface area contributed by atoms with Crippen LogP contribution in [-0.4, -0.2) is 24.6 Å². The topological polar surface area (TPSA) is 28.2 Å². The predicted octanol–water partition coefficient (Wildman–Crippen LogP) is 3.92. The molecule has 0 bridgehead atoms.